The minimum Gasteiger partial charge on any atom is -0.493 e. The van der Waals surface area contributed by atoms with Crippen molar-refractivity contribution in [1.82, 2.24) is 14.8 Å². The number of carbonyl (C=O) groups is 1. The third-order valence-electron chi connectivity index (χ3n) is 4.74. The van der Waals surface area contributed by atoms with Crippen LogP contribution in [0.25, 0.3) is 5.82 Å². The average Bonchev–Trinajstić information content (AvgIpc) is 3.32. The fourth-order valence-corrected chi connectivity index (χ4v) is 3.13. The van der Waals surface area contributed by atoms with Crippen molar-refractivity contribution >= 4 is 5.97 Å². The van der Waals surface area contributed by atoms with E-state index in [0.29, 0.717) is 0 Å². The number of rotatable bonds is 4. The van der Waals surface area contributed by atoms with Crippen LogP contribution in [0, 0.1) is 6.92 Å². The summed E-state index contributed by atoms with van der Waals surface area (Å²) >= 11 is 0. The lowest BCUT2D eigenvalue weighted by molar-refractivity contribution is 0.0696. The smallest absolute Gasteiger partial charge is 0.335 e. The van der Waals surface area contributed by atoms with Crippen molar-refractivity contribution in [2.75, 3.05) is 0 Å². The van der Waals surface area contributed by atoms with Gasteiger partial charge in [-0.1, -0.05) is 29.8 Å². The number of nitrogens with zero attached hydrogens (tertiary/aromatic N) is 3. The number of benzene rings is 1. The summed E-state index contributed by atoms with van der Waals surface area (Å²) in [6, 6.07) is 12.8. The topological polar surface area (TPSA) is 88.2 Å². The van der Waals surface area contributed by atoms with Crippen molar-refractivity contribution in [3.8, 4) is 11.7 Å². The number of carboxylic acid groups (broad SMARTS) is 1. The predicted molar refractivity (Wildman–Crippen MR) is 91.2 cm³/mol. The first-order chi connectivity index (χ1) is 12.0. The molecule has 1 fully saturated rings. The van der Waals surface area contributed by atoms with Crippen LogP contribution in [0.3, 0.4) is 0 Å². The van der Waals surface area contributed by atoms with Crippen LogP contribution in [0.15, 0.2) is 48.7 Å². The van der Waals surface area contributed by atoms with Crippen LogP contribution in [0.4, 0.5) is 0 Å². The number of aromatic carboxylic acids is 1. The standard InChI is InChI=1S/C19H17N3O3/c1-12-2-4-14(5-3-12)19(7-8-19)15-11-17(23)22(21-15)16-10-13(18(24)25)6-9-20-16/h2-6,9-11,23H,7-8H2,1H3,(H,24,25). The first kappa shape index (κ1) is 15.4. The normalized spacial score (nSPS) is 15.1. The van der Waals surface area contributed by atoms with Crippen LogP contribution in [-0.4, -0.2) is 30.9 Å². The molecule has 6 nitrogen and oxygen atoms in total. The van der Waals surface area contributed by atoms with Gasteiger partial charge in [-0.3, -0.25) is 0 Å². The summed E-state index contributed by atoms with van der Waals surface area (Å²) in [7, 11) is 0. The quantitative estimate of drug-likeness (QED) is 0.765. The van der Waals surface area contributed by atoms with E-state index in [1.807, 2.05) is 6.92 Å². The molecule has 4 rings (SSSR count). The van der Waals surface area contributed by atoms with Crippen LogP contribution >= 0.6 is 0 Å². The van der Waals surface area contributed by atoms with Gasteiger partial charge in [0.15, 0.2) is 5.82 Å². The Morgan fingerprint density at radius 3 is 2.52 bits per heavy atom. The van der Waals surface area contributed by atoms with Crippen molar-refractivity contribution in [2.24, 2.45) is 0 Å². The largest absolute Gasteiger partial charge is 0.493 e. The van der Waals surface area contributed by atoms with Gasteiger partial charge < -0.3 is 10.2 Å². The summed E-state index contributed by atoms with van der Waals surface area (Å²) in [4.78, 5) is 15.3. The summed E-state index contributed by atoms with van der Waals surface area (Å²) in [5.74, 6) is -0.819. The zero-order valence-corrected chi connectivity index (χ0v) is 13.7. The van der Waals surface area contributed by atoms with Crippen LogP contribution in [-0.2, 0) is 5.41 Å². The molecule has 0 atom stereocenters. The third-order valence-corrected chi connectivity index (χ3v) is 4.74. The molecule has 0 radical (unpaired) electrons. The van der Waals surface area contributed by atoms with E-state index < -0.39 is 5.97 Å². The molecule has 1 aliphatic carbocycles. The fraction of sp³-hybridized carbons (Fsp3) is 0.211. The molecular weight excluding hydrogens is 318 g/mol. The zero-order valence-electron chi connectivity index (χ0n) is 13.7. The Morgan fingerprint density at radius 1 is 1.16 bits per heavy atom. The van der Waals surface area contributed by atoms with Gasteiger partial charge in [-0.25, -0.2) is 9.78 Å². The Bertz CT molecular complexity index is 956. The number of pyridine rings is 1. The second kappa shape index (κ2) is 5.44. The third kappa shape index (κ3) is 2.55. The fourth-order valence-electron chi connectivity index (χ4n) is 3.13. The van der Waals surface area contributed by atoms with Crippen LogP contribution in [0.2, 0.25) is 0 Å². The molecule has 2 N–H and O–H groups in total. The Kier molecular flexibility index (Phi) is 3.35. The second-order valence-electron chi connectivity index (χ2n) is 6.46. The van der Waals surface area contributed by atoms with Gasteiger partial charge in [-0.05, 0) is 37.5 Å². The highest BCUT2D eigenvalue weighted by atomic mass is 16.4. The molecule has 2 aromatic heterocycles. The minimum absolute atomic E-state index is 0.0524. The molecule has 0 bridgehead atoms. The molecule has 2 heterocycles. The van der Waals surface area contributed by atoms with Gasteiger partial charge in [0.1, 0.15) is 0 Å². The number of aromatic hydroxyl groups is 1. The summed E-state index contributed by atoms with van der Waals surface area (Å²) in [5, 5.41) is 24.0. The molecule has 0 saturated heterocycles. The summed E-state index contributed by atoms with van der Waals surface area (Å²) < 4.78 is 1.29. The van der Waals surface area contributed by atoms with E-state index in [4.69, 9.17) is 5.11 Å². The maximum atomic E-state index is 11.1. The molecule has 0 amide bonds. The zero-order chi connectivity index (χ0) is 17.6. The molecule has 0 unspecified atom stereocenters. The van der Waals surface area contributed by atoms with Gasteiger partial charge >= 0.3 is 5.97 Å². The summed E-state index contributed by atoms with van der Waals surface area (Å²) in [6.07, 6.45) is 3.33. The van der Waals surface area contributed by atoms with Gasteiger partial charge in [0, 0.05) is 17.7 Å². The lowest BCUT2D eigenvalue weighted by Gasteiger charge is -2.13. The number of hydrogen-bond donors (Lipinski definition) is 2. The molecule has 1 aliphatic rings. The summed E-state index contributed by atoms with van der Waals surface area (Å²) in [5.41, 5.74) is 3.07. The number of hydrogen-bond acceptors (Lipinski definition) is 4. The van der Waals surface area contributed by atoms with Gasteiger partial charge in [0.05, 0.1) is 11.3 Å². The Hall–Kier alpha value is -3.15. The van der Waals surface area contributed by atoms with Crippen molar-refractivity contribution in [3.05, 3.63) is 71.0 Å². The Balaban J connectivity index is 1.75. The lowest BCUT2D eigenvalue weighted by atomic mass is 9.92. The molecule has 6 heteroatoms. The average molecular weight is 335 g/mol. The van der Waals surface area contributed by atoms with Crippen molar-refractivity contribution in [2.45, 2.75) is 25.2 Å². The monoisotopic (exact) mass is 335 g/mol. The van der Waals surface area contributed by atoms with Crippen molar-refractivity contribution in [3.63, 3.8) is 0 Å². The highest BCUT2D eigenvalue weighted by Gasteiger charge is 2.48. The highest BCUT2D eigenvalue weighted by Crippen LogP contribution is 2.53. The molecule has 126 valence electrons. The lowest BCUT2D eigenvalue weighted by Crippen LogP contribution is -2.11. The second-order valence-corrected chi connectivity index (χ2v) is 6.46. The number of carboxylic acids is 1. The van der Waals surface area contributed by atoms with E-state index >= 15 is 0 Å². The Labute approximate surface area is 144 Å². The van der Waals surface area contributed by atoms with Crippen molar-refractivity contribution < 1.29 is 15.0 Å². The van der Waals surface area contributed by atoms with Crippen molar-refractivity contribution in [1.29, 1.82) is 0 Å². The molecular formula is C19H17N3O3. The van der Waals surface area contributed by atoms with E-state index in [2.05, 4.69) is 34.3 Å². The summed E-state index contributed by atoms with van der Waals surface area (Å²) in [6.45, 7) is 2.05. The van der Waals surface area contributed by atoms with Gasteiger partial charge in [0.25, 0.3) is 0 Å². The van der Waals surface area contributed by atoms with Gasteiger partial charge in [-0.2, -0.15) is 9.78 Å². The van der Waals surface area contributed by atoms with Crippen LogP contribution in [0.1, 0.15) is 40.0 Å². The first-order valence-electron chi connectivity index (χ1n) is 8.06. The van der Waals surface area contributed by atoms with E-state index in [1.165, 1.54) is 34.1 Å². The van der Waals surface area contributed by atoms with E-state index in [9.17, 15) is 9.90 Å². The van der Waals surface area contributed by atoms with E-state index in [1.54, 1.807) is 6.07 Å². The number of aromatic nitrogens is 3. The SMILES string of the molecule is Cc1ccc(C2(c3cc(O)n(-c4cc(C(=O)O)ccn4)n3)CC2)cc1. The molecule has 1 saturated carbocycles. The molecule has 3 aromatic rings. The maximum absolute atomic E-state index is 11.1. The van der Waals surface area contributed by atoms with E-state index in [0.717, 1.165) is 18.5 Å². The van der Waals surface area contributed by atoms with Crippen LogP contribution < -0.4 is 0 Å². The molecule has 25 heavy (non-hydrogen) atoms. The van der Waals surface area contributed by atoms with E-state index in [-0.39, 0.29) is 22.7 Å². The predicted octanol–water partition coefficient (Wildman–Crippen LogP) is 3.06. The first-order valence-corrected chi connectivity index (χ1v) is 8.06. The molecule has 1 aromatic carbocycles. The maximum Gasteiger partial charge on any atom is 0.335 e. The highest BCUT2D eigenvalue weighted by molar-refractivity contribution is 5.87. The number of aryl methyl sites for hydroxylation is 1. The van der Waals surface area contributed by atoms with Crippen LogP contribution in [0.5, 0.6) is 5.88 Å². The molecule has 0 aliphatic heterocycles. The Morgan fingerprint density at radius 2 is 1.88 bits per heavy atom. The van der Waals surface area contributed by atoms with Gasteiger partial charge in [0.2, 0.25) is 5.88 Å². The van der Waals surface area contributed by atoms with Gasteiger partial charge in [-0.15, -0.1) is 0 Å². The minimum atomic E-state index is -1.05. The molecule has 0 spiro atoms.